The fraction of sp³-hybridized carbons (Fsp3) is 0.533. The van der Waals surface area contributed by atoms with E-state index in [2.05, 4.69) is 67.9 Å². The van der Waals surface area contributed by atoms with Gasteiger partial charge in [0.25, 0.3) is 0 Å². The molecule has 1 unspecified atom stereocenters. The Labute approximate surface area is 122 Å². The lowest BCUT2D eigenvalue weighted by Crippen LogP contribution is -2.42. The van der Waals surface area contributed by atoms with Gasteiger partial charge in [-0.1, -0.05) is 12.1 Å². The predicted molar refractivity (Wildman–Crippen MR) is 86.0 cm³/mol. The van der Waals surface area contributed by atoms with Gasteiger partial charge in [0, 0.05) is 26.3 Å². The molecule has 0 N–H and O–H groups in total. The second-order valence-electron chi connectivity index (χ2n) is 5.17. The highest BCUT2D eigenvalue weighted by Gasteiger charge is 2.23. The van der Waals surface area contributed by atoms with E-state index in [1.165, 1.54) is 22.6 Å². The third-order valence-corrected chi connectivity index (χ3v) is 4.01. The third-order valence-electron chi connectivity index (χ3n) is 4.01. The molecule has 106 valence electrons. The van der Waals surface area contributed by atoms with E-state index in [9.17, 15) is 0 Å². The minimum atomic E-state index is 0. The molecule has 0 saturated heterocycles. The molecular weight excluding hydrogens is 258 g/mol. The molecule has 0 aliphatic carbocycles. The van der Waals surface area contributed by atoms with E-state index in [4.69, 9.17) is 0 Å². The first-order valence-electron chi connectivity index (χ1n) is 6.57. The fourth-order valence-corrected chi connectivity index (χ4v) is 2.50. The summed E-state index contributed by atoms with van der Waals surface area (Å²) in [7, 11) is 4.28. The summed E-state index contributed by atoms with van der Waals surface area (Å²) in [6, 6.07) is 6.80. The molecule has 0 aromatic heterocycles. The summed E-state index contributed by atoms with van der Waals surface area (Å²) >= 11 is 0. The maximum atomic E-state index is 4.62. The number of likely N-dealkylation sites (N-methyl/N-ethyl adjacent to an activating group) is 2. The summed E-state index contributed by atoms with van der Waals surface area (Å²) in [5, 5.41) is 0. The molecule has 0 bridgehead atoms. The van der Waals surface area contributed by atoms with Crippen molar-refractivity contribution in [2.75, 3.05) is 32.1 Å². The first-order valence-corrected chi connectivity index (χ1v) is 6.57. The van der Waals surface area contributed by atoms with Gasteiger partial charge < -0.3 is 9.80 Å². The molecule has 1 atom stereocenters. The van der Waals surface area contributed by atoms with Crippen LogP contribution in [0.5, 0.6) is 0 Å². The van der Waals surface area contributed by atoms with Gasteiger partial charge in [-0.05, 0) is 38.0 Å². The van der Waals surface area contributed by atoms with E-state index in [0.717, 1.165) is 13.1 Å². The van der Waals surface area contributed by atoms with Crippen LogP contribution >= 0.6 is 12.4 Å². The second kappa shape index (κ2) is 6.29. The molecule has 1 aromatic carbocycles. The fourth-order valence-electron chi connectivity index (χ4n) is 2.50. The van der Waals surface area contributed by atoms with Crippen LogP contribution in [0.3, 0.4) is 0 Å². The number of nitrogens with zero attached hydrogens (tertiary/aromatic N) is 3. The van der Waals surface area contributed by atoms with Gasteiger partial charge >= 0.3 is 0 Å². The minimum absolute atomic E-state index is 0. The van der Waals surface area contributed by atoms with Crippen molar-refractivity contribution < 1.29 is 0 Å². The van der Waals surface area contributed by atoms with E-state index in [1.54, 1.807) is 0 Å². The van der Waals surface area contributed by atoms with E-state index in [1.807, 2.05) is 0 Å². The van der Waals surface area contributed by atoms with Gasteiger partial charge in [-0.25, -0.2) is 0 Å². The lowest BCUT2D eigenvalue weighted by atomic mass is 10.1. The Kier molecular flexibility index (Phi) is 5.24. The number of aryl methyl sites for hydroxylation is 1. The van der Waals surface area contributed by atoms with Gasteiger partial charge in [0.05, 0.1) is 12.6 Å². The molecule has 1 aromatic rings. The summed E-state index contributed by atoms with van der Waals surface area (Å²) in [4.78, 5) is 9.19. The standard InChI is InChI=1S/C15H23N3.ClH/c1-11-7-6-8-14(12(11)2)18(5)13(3)15-16-9-10-17(15)4;/h6-8,13H,9-10H2,1-5H3;1H. The Morgan fingerprint density at radius 1 is 1.32 bits per heavy atom. The molecule has 3 nitrogen and oxygen atoms in total. The van der Waals surface area contributed by atoms with Crippen LogP contribution in [0.1, 0.15) is 18.1 Å². The molecule has 0 saturated carbocycles. The van der Waals surface area contributed by atoms with Crippen LogP contribution in [0.4, 0.5) is 5.69 Å². The van der Waals surface area contributed by atoms with Gasteiger partial charge in [-0.3, -0.25) is 4.99 Å². The average Bonchev–Trinajstić information content (AvgIpc) is 2.77. The SMILES string of the molecule is Cc1cccc(N(C)C(C)C2=NCCN2C)c1C.Cl. The lowest BCUT2D eigenvalue weighted by Gasteiger charge is -2.31. The summed E-state index contributed by atoms with van der Waals surface area (Å²) in [6.07, 6.45) is 0. The number of amidine groups is 1. The topological polar surface area (TPSA) is 18.8 Å². The summed E-state index contributed by atoms with van der Waals surface area (Å²) in [5.74, 6) is 1.19. The first kappa shape index (κ1) is 15.8. The van der Waals surface area contributed by atoms with Crippen LogP contribution in [0.15, 0.2) is 23.2 Å². The van der Waals surface area contributed by atoms with Gasteiger partial charge in [0.15, 0.2) is 0 Å². The van der Waals surface area contributed by atoms with Gasteiger partial charge in [0.2, 0.25) is 0 Å². The maximum Gasteiger partial charge on any atom is 0.121 e. The number of hydrogen-bond acceptors (Lipinski definition) is 3. The molecule has 4 heteroatoms. The molecule has 1 aliphatic rings. The Morgan fingerprint density at radius 3 is 2.58 bits per heavy atom. The van der Waals surface area contributed by atoms with Crippen LogP contribution in [-0.2, 0) is 0 Å². The van der Waals surface area contributed by atoms with Crippen molar-refractivity contribution in [2.45, 2.75) is 26.8 Å². The second-order valence-corrected chi connectivity index (χ2v) is 5.17. The van der Waals surface area contributed by atoms with Gasteiger partial charge in [-0.15, -0.1) is 12.4 Å². The van der Waals surface area contributed by atoms with Crippen LogP contribution in [0.25, 0.3) is 0 Å². The Hall–Kier alpha value is -1.22. The number of aliphatic imine (C=N–C) groups is 1. The lowest BCUT2D eigenvalue weighted by molar-refractivity contribution is 0.535. The molecule has 1 heterocycles. The van der Waals surface area contributed by atoms with Crippen LogP contribution < -0.4 is 4.90 Å². The Bertz CT molecular complexity index is 470. The summed E-state index contributed by atoms with van der Waals surface area (Å²) in [6.45, 7) is 8.55. The summed E-state index contributed by atoms with van der Waals surface area (Å²) < 4.78 is 0. The van der Waals surface area contributed by atoms with E-state index in [-0.39, 0.29) is 12.4 Å². The average molecular weight is 282 g/mol. The summed E-state index contributed by atoms with van der Waals surface area (Å²) in [5.41, 5.74) is 3.99. The van der Waals surface area contributed by atoms with E-state index >= 15 is 0 Å². The van der Waals surface area contributed by atoms with Crippen molar-refractivity contribution in [3.8, 4) is 0 Å². The molecule has 19 heavy (non-hydrogen) atoms. The molecule has 0 amide bonds. The highest BCUT2D eigenvalue weighted by molar-refractivity contribution is 5.91. The van der Waals surface area contributed by atoms with Gasteiger partial charge in [-0.2, -0.15) is 0 Å². The smallest absolute Gasteiger partial charge is 0.121 e. The van der Waals surface area contributed by atoms with Crippen molar-refractivity contribution >= 4 is 23.9 Å². The largest absolute Gasteiger partial charge is 0.364 e. The zero-order chi connectivity index (χ0) is 13.3. The van der Waals surface area contributed by atoms with Crippen molar-refractivity contribution in [3.05, 3.63) is 29.3 Å². The molecule has 0 radical (unpaired) electrons. The maximum absolute atomic E-state index is 4.62. The zero-order valence-corrected chi connectivity index (χ0v) is 13.3. The van der Waals surface area contributed by atoms with Crippen molar-refractivity contribution in [3.63, 3.8) is 0 Å². The van der Waals surface area contributed by atoms with Crippen molar-refractivity contribution in [2.24, 2.45) is 4.99 Å². The molecule has 0 spiro atoms. The highest BCUT2D eigenvalue weighted by Crippen LogP contribution is 2.24. The number of rotatable bonds is 3. The molecular formula is C15H24ClN3. The monoisotopic (exact) mass is 281 g/mol. The predicted octanol–water partition coefficient (Wildman–Crippen LogP) is 2.89. The van der Waals surface area contributed by atoms with Crippen LogP contribution in [0.2, 0.25) is 0 Å². The molecule has 0 fully saturated rings. The van der Waals surface area contributed by atoms with Crippen molar-refractivity contribution in [1.29, 1.82) is 0 Å². The highest BCUT2D eigenvalue weighted by atomic mass is 35.5. The van der Waals surface area contributed by atoms with Gasteiger partial charge in [0.1, 0.15) is 5.84 Å². The number of halogens is 1. The Balaban J connectivity index is 0.00000180. The van der Waals surface area contributed by atoms with Crippen molar-refractivity contribution in [1.82, 2.24) is 4.90 Å². The normalized spacial score (nSPS) is 15.8. The third kappa shape index (κ3) is 3.03. The zero-order valence-electron chi connectivity index (χ0n) is 12.5. The van der Waals surface area contributed by atoms with E-state index in [0.29, 0.717) is 6.04 Å². The van der Waals surface area contributed by atoms with Crippen LogP contribution in [-0.4, -0.2) is 44.0 Å². The quantitative estimate of drug-likeness (QED) is 0.848. The molecule has 2 rings (SSSR count). The minimum Gasteiger partial charge on any atom is -0.364 e. The number of benzene rings is 1. The number of hydrogen-bond donors (Lipinski definition) is 0. The van der Waals surface area contributed by atoms with Crippen LogP contribution in [0, 0.1) is 13.8 Å². The number of anilines is 1. The first-order chi connectivity index (χ1) is 8.52. The Morgan fingerprint density at radius 2 is 2.00 bits per heavy atom. The molecule has 1 aliphatic heterocycles. The van der Waals surface area contributed by atoms with E-state index < -0.39 is 0 Å².